The van der Waals surface area contributed by atoms with Gasteiger partial charge in [-0.2, -0.15) is 0 Å². The Bertz CT molecular complexity index is 514. The van der Waals surface area contributed by atoms with Gasteiger partial charge in [-0.05, 0) is 31.7 Å². The molecular weight excluding hydrogens is 260 g/mol. The Hall–Kier alpha value is -2.18. The number of carbonyl (C=O) groups is 1. The molecule has 0 aliphatic heterocycles. The number of hydrogen-bond acceptors (Lipinski definition) is 5. The van der Waals surface area contributed by atoms with E-state index in [0.717, 1.165) is 18.4 Å². The third-order valence-electron chi connectivity index (χ3n) is 3.09. The van der Waals surface area contributed by atoms with E-state index < -0.39 is 4.92 Å². The fourth-order valence-electron chi connectivity index (χ4n) is 1.83. The maximum Gasteiger partial charge on any atom is 0.287 e. The highest BCUT2D eigenvalue weighted by atomic mass is 16.6. The smallest absolute Gasteiger partial charge is 0.287 e. The third kappa shape index (κ3) is 4.18. The zero-order chi connectivity index (χ0) is 14.5. The minimum absolute atomic E-state index is 0.0168. The third-order valence-corrected chi connectivity index (χ3v) is 3.09. The van der Waals surface area contributed by atoms with Gasteiger partial charge in [-0.15, -0.1) is 0 Å². The van der Waals surface area contributed by atoms with E-state index in [1.54, 1.807) is 6.92 Å². The molecule has 0 aromatic carbocycles. The van der Waals surface area contributed by atoms with Gasteiger partial charge in [0.1, 0.15) is 12.0 Å². The van der Waals surface area contributed by atoms with Crippen LogP contribution in [0.15, 0.2) is 12.3 Å². The van der Waals surface area contributed by atoms with Gasteiger partial charge in [-0.3, -0.25) is 14.9 Å². The molecule has 1 aromatic heterocycles. The summed E-state index contributed by atoms with van der Waals surface area (Å²) in [6.07, 6.45) is 4.60. The van der Waals surface area contributed by atoms with Crippen molar-refractivity contribution in [3.63, 3.8) is 0 Å². The van der Waals surface area contributed by atoms with Crippen LogP contribution in [0.5, 0.6) is 0 Å². The van der Waals surface area contributed by atoms with Gasteiger partial charge in [0, 0.05) is 25.1 Å². The van der Waals surface area contributed by atoms with Crippen molar-refractivity contribution in [2.45, 2.75) is 38.6 Å². The molecule has 1 aliphatic carbocycles. The average Bonchev–Trinajstić information content (AvgIpc) is 3.19. The summed E-state index contributed by atoms with van der Waals surface area (Å²) in [6.45, 7) is 2.38. The zero-order valence-corrected chi connectivity index (χ0v) is 11.4. The molecule has 0 radical (unpaired) electrons. The lowest BCUT2D eigenvalue weighted by Gasteiger charge is -2.08. The summed E-state index contributed by atoms with van der Waals surface area (Å²) in [5, 5.41) is 16.6. The van der Waals surface area contributed by atoms with E-state index in [4.69, 9.17) is 0 Å². The van der Waals surface area contributed by atoms with E-state index in [1.807, 2.05) is 0 Å². The normalized spacial score (nSPS) is 13.8. The predicted octanol–water partition coefficient (Wildman–Crippen LogP) is 1.77. The number of nitrogens with one attached hydrogen (secondary N) is 2. The molecule has 0 spiro atoms. The van der Waals surface area contributed by atoms with Crippen molar-refractivity contribution in [1.82, 2.24) is 10.3 Å². The first kappa shape index (κ1) is 14.2. The number of carbonyl (C=O) groups excluding carboxylic acids is 1. The molecule has 1 amide bonds. The summed E-state index contributed by atoms with van der Waals surface area (Å²) in [4.78, 5) is 25.6. The van der Waals surface area contributed by atoms with Crippen LogP contribution in [0, 0.1) is 17.0 Å². The monoisotopic (exact) mass is 278 g/mol. The molecule has 2 N–H and O–H groups in total. The summed E-state index contributed by atoms with van der Waals surface area (Å²) in [5.41, 5.74) is 0.707. The van der Waals surface area contributed by atoms with Gasteiger partial charge < -0.3 is 10.6 Å². The Morgan fingerprint density at radius 1 is 1.55 bits per heavy atom. The Labute approximate surface area is 116 Å². The van der Waals surface area contributed by atoms with Crippen LogP contribution in [0.25, 0.3) is 0 Å². The number of rotatable bonds is 7. The number of nitrogens with zero attached hydrogens (tertiary/aromatic N) is 2. The van der Waals surface area contributed by atoms with Crippen LogP contribution >= 0.6 is 0 Å². The van der Waals surface area contributed by atoms with Crippen LogP contribution in [0.2, 0.25) is 0 Å². The summed E-state index contributed by atoms with van der Waals surface area (Å²) < 4.78 is 0. The van der Waals surface area contributed by atoms with E-state index in [1.165, 1.54) is 12.3 Å². The second-order valence-electron chi connectivity index (χ2n) is 4.99. The Kier molecular flexibility index (Phi) is 4.49. The van der Waals surface area contributed by atoms with E-state index in [0.29, 0.717) is 31.2 Å². The molecule has 108 valence electrons. The lowest BCUT2D eigenvalue weighted by molar-refractivity contribution is -0.385. The summed E-state index contributed by atoms with van der Waals surface area (Å²) in [6, 6.07) is 1.88. The summed E-state index contributed by atoms with van der Waals surface area (Å²) in [7, 11) is 0. The molecule has 1 saturated carbocycles. The standard InChI is InChI=1S/C13H18N4O3/c1-9-7-11(17(19)20)8-15-13(9)14-6-2-3-12(18)16-10-4-5-10/h7-8,10H,2-6H2,1H3,(H,14,15)(H,16,18). The average molecular weight is 278 g/mol. The maximum atomic E-state index is 11.5. The van der Waals surface area contributed by atoms with Crippen LogP contribution in [-0.2, 0) is 4.79 Å². The first-order chi connectivity index (χ1) is 9.56. The molecule has 0 unspecified atom stereocenters. The van der Waals surface area contributed by atoms with Gasteiger partial charge in [-0.25, -0.2) is 4.98 Å². The molecule has 2 rings (SSSR count). The number of anilines is 1. The van der Waals surface area contributed by atoms with Crippen molar-refractivity contribution >= 4 is 17.4 Å². The van der Waals surface area contributed by atoms with Gasteiger partial charge in [0.2, 0.25) is 5.91 Å². The summed E-state index contributed by atoms with van der Waals surface area (Å²) >= 11 is 0. The van der Waals surface area contributed by atoms with Crippen molar-refractivity contribution in [3.05, 3.63) is 27.9 Å². The van der Waals surface area contributed by atoms with Crippen molar-refractivity contribution in [1.29, 1.82) is 0 Å². The highest BCUT2D eigenvalue weighted by Gasteiger charge is 2.22. The van der Waals surface area contributed by atoms with Gasteiger partial charge >= 0.3 is 0 Å². The second-order valence-corrected chi connectivity index (χ2v) is 4.99. The number of amides is 1. The van der Waals surface area contributed by atoms with Gasteiger partial charge in [0.15, 0.2) is 0 Å². The van der Waals surface area contributed by atoms with Crippen molar-refractivity contribution in [3.8, 4) is 0 Å². The lowest BCUT2D eigenvalue weighted by atomic mass is 10.2. The zero-order valence-electron chi connectivity index (χ0n) is 11.4. The largest absolute Gasteiger partial charge is 0.370 e. The SMILES string of the molecule is Cc1cc([N+](=O)[O-])cnc1NCCCC(=O)NC1CC1. The van der Waals surface area contributed by atoms with Gasteiger partial charge in [0.25, 0.3) is 5.69 Å². The van der Waals surface area contributed by atoms with Gasteiger partial charge in [0.05, 0.1) is 4.92 Å². The predicted molar refractivity (Wildman–Crippen MR) is 74.5 cm³/mol. The topological polar surface area (TPSA) is 97.2 Å². The number of nitro groups is 1. The first-order valence-electron chi connectivity index (χ1n) is 6.70. The fraction of sp³-hybridized carbons (Fsp3) is 0.538. The number of pyridine rings is 1. The minimum Gasteiger partial charge on any atom is -0.370 e. The fourth-order valence-corrected chi connectivity index (χ4v) is 1.83. The second kappa shape index (κ2) is 6.31. The molecule has 1 aromatic rings. The van der Waals surface area contributed by atoms with E-state index in [-0.39, 0.29) is 11.6 Å². The van der Waals surface area contributed by atoms with Crippen molar-refractivity contribution in [2.75, 3.05) is 11.9 Å². The van der Waals surface area contributed by atoms with Crippen molar-refractivity contribution < 1.29 is 9.72 Å². The van der Waals surface area contributed by atoms with E-state index in [9.17, 15) is 14.9 Å². The van der Waals surface area contributed by atoms with Crippen LogP contribution in [0.3, 0.4) is 0 Å². The van der Waals surface area contributed by atoms with Crippen molar-refractivity contribution in [2.24, 2.45) is 0 Å². The minimum atomic E-state index is -0.466. The number of aromatic nitrogens is 1. The Morgan fingerprint density at radius 3 is 2.90 bits per heavy atom. The molecule has 0 saturated heterocycles. The molecule has 1 heterocycles. The molecule has 0 bridgehead atoms. The molecule has 1 fully saturated rings. The molecule has 7 heteroatoms. The van der Waals surface area contributed by atoms with Gasteiger partial charge in [-0.1, -0.05) is 0 Å². The maximum absolute atomic E-state index is 11.5. The Balaban J connectivity index is 1.73. The molecule has 7 nitrogen and oxygen atoms in total. The number of hydrogen-bond donors (Lipinski definition) is 2. The first-order valence-corrected chi connectivity index (χ1v) is 6.70. The van der Waals surface area contributed by atoms with Crippen LogP contribution in [-0.4, -0.2) is 28.4 Å². The molecule has 0 atom stereocenters. The summed E-state index contributed by atoms with van der Waals surface area (Å²) in [5.74, 6) is 0.709. The quantitative estimate of drug-likeness (QED) is 0.450. The highest BCUT2D eigenvalue weighted by molar-refractivity contribution is 5.76. The van der Waals surface area contributed by atoms with E-state index in [2.05, 4.69) is 15.6 Å². The highest BCUT2D eigenvalue weighted by Crippen LogP contribution is 2.19. The van der Waals surface area contributed by atoms with Crippen LogP contribution < -0.4 is 10.6 Å². The van der Waals surface area contributed by atoms with Crippen LogP contribution in [0.4, 0.5) is 11.5 Å². The molecular formula is C13H18N4O3. The Morgan fingerprint density at radius 2 is 2.30 bits per heavy atom. The van der Waals surface area contributed by atoms with E-state index >= 15 is 0 Å². The lowest BCUT2D eigenvalue weighted by Crippen LogP contribution is -2.25. The molecule has 1 aliphatic rings. The van der Waals surface area contributed by atoms with Crippen LogP contribution in [0.1, 0.15) is 31.2 Å². The molecule has 20 heavy (non-hydrogen) atoms. The number of aryl methyl sites for hydroxylation is 1.